The molecule has 2 rings (SSSR count). The average Bonchev–Trinajstić information content (AvgIpc) is 2.72. The van der Waals surface area contributed by atoms with E-state index in [1.165, 1.54) is 20.3 Å². The highest BCUT2D eigenvalue weighted by Gasteiger charge is 2.40. The van der Waals surface area contributed by atoms with E-state index in [0.29, 0.717) is 51.3 Å². The standard InChI is InChI=1S/C19H31N3O6S/c1-5-20-18(23)22-11-8-19(9-12-22,10-13-26-2)21-29(24,25)17-14-15(27-3)6-7-16(17)28-4/h6-7,14,21H,5,8-13H2,1-4H3,(H,20,23). The average molecular weight is 430 g/mol. The molecular formula is C19H31N3O6S. The molecule has 0 unspecified atom stereocenters. The van der Waals surface area contributed by atoms with Gasteiger partial charge in [0.2, 0.25) is 10.0 Å². The summed E-state index contributed by atoms with van der Waals surface area (Å²) in [6.45, 7) is 3.71. The zero-order valence-corrected chi connectivity index (χ0v) is 18.3. The summed E-state index contributed by atoms with van der Waals surface area (Å²) in [6, 6.07) is 4.51. The number of hydrogen-bond donors (Lipinski definition) is 2. The molecule has 2 N–H and O–H groups in total. The molecule has 1 heterocycles. The van der Waals surface area contributed by atoms with Crippen LogP contribution in [-0.2, 0) is 14.8 Å². The first kappa shape index (κ1) is 23.2. The van der Waals surface area contributed by atoms with Crippen molar-refractivity contribution in [1.82, 2.24) is 14.9 Å². The third-order valence-electron chi connectivity index (χ3n) is 5.13. The van der Waals surface area contributed by atoms with Gasteiger partial charge in [0.15, 0.2) is 0 Å². The minimum Gasteiger partial charge on any atom is -0.497 e. The van der Waals surface area contributed by atoms with Gasteiger partial charge < -0.3 is 24.4 Å². The first-order chi connectivity index (χ1) is 13.8. The molecule has 0 radical (unpaired) electrons. The van der Waals surface area contributed by atoms with Crippen molar-refractivity contribution in [2.24, 2.45) is 0 Å². The van der Waals surface area contributed by atoms with E-state index in [4.69, 9.17) is 14.2 Å². The molecule has 0 bridgehead atoms. The molecule has 1 saturated heterocycles. The summed E-state index contributed by atoms with van der Waals surface area (Å²) in [4.78, 5) is 13.8. The van der Waals surface area contributed by atoms with Gasteiger partial charge in [0.25, 0.3) is 0 Å². The third-order valence-corrected chi connectivity index (χ3v) is 6.73. The van der Waals surface area contributed by atoms with Crippen LogP contribution in [0.3, 0.4) is 0 Å². The van der Waals surface area contributed by atoms with Crippen LogP contribution in [0.25, 0.3) is 0 Å². The van der Waals surface area contributed by atoms with Crippen molar-refractivity contribution < 1.29 is 27.4 Å². The number of likely N-dealkylation sites (tertiary alicyclic amines) is 1. The second-order valence-electron chi connectivity index (χ2n) is 6.97. The van der Waals surface area contributed by atoms with E-state index in [1.807, 2.05) is 6.92 Å². The van der Waals surface area contributed by atoms with Crippen LogP contribution >= 0.6 is 0 Å². The van der Waals surface area contributed by atoms with Gasteiger partial charge in [-0.2, -0.15) is 0 Å². The zero-order chi connectivity index (χ0) is 21.5. The number of carbonyl (C=O) groups is 1. The summed E-state index contributed by atoms with van der Waals surface area (Å²) in [6.07, 6.45) is 1.47. The van der Waals surface area contributed by atoms with E-state index < -0.39 is 15.6 Å². The molecule has 1 aliphatic heterocycles. The lowest BCUT2D eigenvalue weighted by molar-refractivity contribution is 0.115. The van der Waals surface area contributed by atoms with Gasteiger partial charge >= 0.3 is 6.03 Å². The van der Waals surface area contributed by atoms with E-state index in [-0.39, 0.29) is 16.7 Å². The van der Waals surface area contributed by atoms with Gasteiger partial charge in [0.1, 0.15) is 16.4 Å². The Morgan fingerprint density at radius 1 is 1.17 bits per heavy atom. The molecule has 9 nitrogen and oxygen atoms in total. The Morgan fingerprint density at radius 2 is 1.86 bits per heavy atom. The van der Waals surface area contributed by atoms with Crippen molar-refractivity contribution in [2.75, 3.05) is 47.6 Å². The zero-order valence-electron chi connectivity index (χ0n) is 17.5. The van der Waals surface area contributed by atoms with Crippen LogP contribution in [0.5, 0.6) is 11.5 Å². The molecular weight excluding hydrogens is 398 g/mol. The van der Waals surface area contributed by atoms with Gasteiger partial charge in [0, 0.05) is 45.0 Å². The Balaban J connectivity index is 2.27. The maximum atomic E-state index is 13.3. The van der Waals surface area contributed by atoms with Crippen molar-refractivity contribution in [3.63, 3.8) is 0 Å². The maximum absolute atomic E-state index is 13.3. The van der Waals surface area contributed by atoms with E-state index in [2.05, 4.69) is 10.0 Å². The lowest BCUT2D eigenvalue weighted by Gasteiger charge is -2.42. The first-order valence-electron chi connectivity index (χ1n) is 9.58. The minimum absolute atomic E-state index is 0.0160. The molecule has 0 saturated carbocycles. The van der Waals surface area contributed by atoms with E-state index in [9.17, 15) is 13.2 Å². The SMILES string of the molecule is CCNC(=O)N1CCC(CCOC)(NS(=O)(=O)c2cc(OC)ccc2OC)CC1. The molecule has 29 heavy (non-hydrogen) atoms. The Labute approximate surface area is 172 Å². The summed E-state index contributed by atoms with van der Waals surface area (Å²) in [7, 11) is 0.577. The molecule has 1 aromatic rings. The fourth-order valence-electron chi connectivity index (χ4n) is 3.44. The molecule has 0 spiro atoms. The summed E-state index contributed by atoms with van der Waals surface area (Å²) in [5, 5.41) is 2.78. The number of nitrogens with zero attached hydrogens (tertiary/aromatic N) is 1. The van der Waals surface area contributed by atoms with Crippen molar-refractivity contribution in [2.45, 2.75) is 36.6 Å². The summed E-state index contributed by atoms with van der Waals surface area (Å²) in [5.74, 6) is 0.656. The van der Waals surface area contributed by atoms with Gasteiger partial charge in [-0.05, 0) is 38.3 Å². The van der Waals surface area contributed by atoms with Crippen molar-refractivity contribution >= 4 is 16.1 Å². The highest BCUT2D eigenvalue weighted by Crippen LogP contribution is 2.32. The monoisotopic (exact) mass is 429 g/mol. The fourth-order valence-corrected chi connectivity index (χ4v) is 5.11. The van der Waals surface area contributed by atoms with Crippen LogP contribution in [0.4, 0.5) is 4.79 Å². The topological polar surface area (TPSA) is 106 Å². The molecule has 0 aromatic heterocycles. The largest absolute Gasteiger partial charge is 0.497 e. The third kappa shape index (κ3) is 5.74. The number of nitrogens with one attached hydrogen (secondary N) is 2. The van der Waals surface area contributed by atoms with Crippen LogP contribution in [0.2, 0.25) is 0 Å². The van der Waals surface area contributed by atoms with E-state index >= 15 is 0 Å². The quantitative estimate of drug-likeness (QED) is 0.617. The molecule has 10 heteroatoms. The van der Waals surface area contributed by atoms with Gasteiger partial charge in [-0.3, -0.25) is 0 Å². The number of amides is 2. The number of ether oxygens (including phenoxy) is 3. The molecule has 0 aliphatic carbocycles. The number of urea groups is 1. The van der Waals surface area contributed by atoms with Crippen LogP contribution in [0, 0.1) is 0 Å². The minimum atomic E-state index is -3.90. The lowest BCUT2D eigenvalue weighted by atomic mass is 9.86. The van der Waals surface area contributed by atoms with Crippen molar-refractivity contribution in [1.29, 1.82) is 0 Å². The van der Waals surface area contributed by atoms with Crippen LogP contribution in [-0.4, -0.2) is 72.5 Å². The predicted octanol–water partition coefficient (Wildman–Crippen LogP) is 1.58. The van der Waals surface area contributed by atoms with Crippen molar-refractivity contribution in [3.8, 4) is 11.5 Å². The van der Waals surface area contributed by atoms with Gasteiger partial charge in [-0.25, -0.2) is 17.9 Å². The number of sulfonamides is 1. The maximum Gasteiger partial charge on any atom is 0.317 e. The van der Waals surface area contributed by atoms with Crippen LogP contribution in [0.15, 0.2) is 23.1 Å². The highest BCUT2D eigenvalue weighted by molar-refractivity contribution is 7.89. The molecule has 1 aliphatic rings. The van der Waals surface area contributed by atoms with Gasteiger partial charge in [0.05, 0.1) is 14.2 Å². The summed E-state index contributed by atoms with van der Waals surface area (Å²) >= 11 is 0. The number of benzene rings is 1. The Morgan fingerprint density at radius 3 is 2.41 bits per heavy atom. The van der Waals surface area contributed by atoms with Crippen molar-refractivity contribution in [3.05, 3.63) is 18.2 Å². The Hall–Kier alpha value is -2.04. The van der Waals surface area contributed by atoms with E-state index in [0.717, 1.165) is 0 Å². The summed E-state index contributed by atoms with van der Waals surface area (Å²) < 4.78 is 45.0. The van der Waals surface area contributed by atoms with Crippen LogP contribution in [0.1, 0.15) is 26.2 Å². The number of carbonyl (C=O) groups excluding carboxylic acids is 1. The Bertz CT molecular complexity index is 791. The molecule has 164 valence electrons. The molecule has 0 atom stereocenters. The summed E-state index contributed by atoms with van der Waals surface area (Å²) in [5.41, 5.74) is -0.716. The normalized spacial score (nSPS) is 16.3. The lowest BCUT2D eigenvalue weighted by Crippen LogP contribution is -2.57. The highest BCUT2D eigenvalue weighted by atomic mass is 32.2. The molecule has 2 amide bonds. The first-order valence-corrected chi connectivity index (χ1v) is 11.1. The second-order valence-corrected chi connectivity index (χ2v) is 8.62. The van der Waals surface area contributed by atoms with Crippen LogP contribution < -0.4 is 19.5 Å². The molecule has 1 aromatic carbocycles. The second kappa shape index (κ2) is 10.1. The van der Waals surface area contributed by atoms with Gasteiger partial charge in [-0.15, -0.1) is 0 Å². The number of rotatable bonds is 9. The molecule has 1 fully saturated rings. The fraction of sp³-hybridized carbons (Fsp3) is 0.632. The smallest absolute Gasteiger partial charge is 0.317 e. The number of methoxy groups -OCH3 is 3. The van der Waals surface area contributed by atoms with Gasteiger partial charge in [-0.1, -0.05) is 0 Å². The number of piperidine rings is 1. The van der Waals surface area contributed by atoms with E-state index in [1.54, 1.807) is 24.1 Å². The number of hydrogen-bond acceptors (Lipinski definition) is 6. The predicted molar refractivity (Wildman–Crippen MR) is 109 cm³/mol. The Kier molecular flexibility index (Phi) is 8.12.